The van der Waals surface area contributed by atoms with Crippen LogP contribution in [0, 0.1) is 6.92 Å². The number of imide groups is 1. The van der Waals surface area contributed by atoms with Crippen LogP contribution in [0.4, 0.5) is 18.9 Å². The summed E-state index contributed by atoms with van der Waals surface area (Å²) in [5, 5.41) is 6.35. The maximum absolute atomic E-state index is 13.2. The third-order valence-corrected chi connectivity index (χ3v) is 5.24. The van der Waals surface area contributed by atoms with E-state index < -0.39 is 29.5 Å². The van der Waals surface area contributed by atoms with Gasteiger partial charge in [0.1, 0.15) is 5.69 Å². The third kappa shape index (κ3) is 4.21. The van der Waals surface area contributed by atoms with Crippen molar-refractivity contribution in [2.24, 2.45) is 0 Å². The molecule has 0 unspecified atom stereocenters. The average Bonchev–Trinajstić information content (AvgIpc) is 3.22. The van der Waals surface area contributed by atoms with Gasteiger partial charge < -0.3 is 4.90 Å². The molecule has 33 heavy (non-hydrogen) atoms. The zero-order chi connectivity index (χ0) is 23.9. The lowest BCUT2D eigenvalue weighted by atomic mass is 10.1. The van der Waals surface area contributed by atoms with Crippen LogP contribution in [0.5, 0.6) is 0 Å². The second-order valence-electron chi connectivity index (χ2n) is 7.63. The Kier molecular flexibility index (Phi) is 5.48. The molecule has 0 saturated carbocycles. The molecule has 3 aromatic rings. The predicted molar refractivity (Wildman–Crippen MR) is 111 cm³/mol. The number of hydrogen-bond acceptors (Lipinski definition) is 5. The maximum atomic E-state index is 13.2. The summed E-state index contributed by atoms with van der Waals surface area (Å²) in [7, 11) is 0. The lowest BCUT2D eigenvalue weighted by molar-refractivity contribution is -0.137. The van der Waals surface area contributed by atoms with Gasteiger partial charge in [0.05, 0.1) is 23.4 Å². The first kappa shape index (κ1) is 22.2. The van der Waals surface area contributed by atoms with E-state index in [0.717, 1.165) is 12.1 Å². The van der Waals surface area contributed by atoms with E-state index in [1.165, 1.54) is 46.2 Å². The monoisotopic (exact) mass is 457 g/mol. The Bertz CT molecular complexity index is 1250. The number of pyridine rings is 1. The quantitative estimate of drug-likeness (QED) is 0.608. The minimum Gasteiger partial charge on any atom is -0.305 e. The van der Waals surface area contributed by atoms with Gasteiger partial charge in [0.2, 0.25) is 0 Å². The summed E-state index contributed by atoms with van der Waals surface area (Å²) in [4.78, 5) is 43.7. The number of alkyl halides is 3. The van der Waals surface area contributed by atoms with Crippen LogP contribution >= 0.6 is 0 Å². The molecule has 0 spiro atoms. The molecule has 1 N–H and O–H groups in total. The number of aromatic nitrogens is 3. The van der Waals surface area contributed by atoms with Gasteiger partial charge in [-0.3, -0.25) is 29.4 Å². The van der Waals surface area contributed by atoms with E-state index in [4.69, 9.17) is 0 Å². The number of amides is 3. The van der Waals surface area contributed by atoms with Gasteiger partial charge in [0.25, 0.3) is 17.7 Å². The standard InChI is InChI=1S/C22H18F3N5O3/c1-12-9-14(7-8-26-12)19(31)28-20(32)17-10-27-30-13(2)11-29(21(33)18(17)30)16-5-3-15(4-6-16)22(23,24)25/h3-10,13H,11H2,1-2H3,(H,28,31,32)/t13-/m0/s1. The summed E-state index contributed by atoms with van der Waals surface area (Å²) in [6.07, 6.45) is -1.87. The molecule has 0 bridgehead atoms. The molecule has 4 rings (SSSR count). The lowest BCUT2D eigenvalue weighted by Gasteiger charge is -2.32. The van der Waals surface area contributed by atoms with Crippen LogP contribution in [0.25, 0.3) is 0 Å². The van der Waals surface area contributed by atoms with E-state index in [1.54, 1.807) is 13.8 Å². The minimum atomic E-state index is -4.50. The Hall–Kier alpha value is -4.02. The number of carbonyl (C=O) groups excluding carboxylic acids is 3. The third-order valence-electron chi connectivity index (χ3n) is 5.24. The van der Waals surface area contributed by atoms with Crippen LogP contribution in [-0.2, 0) is 6.18 Å². The van der Waals surface area contributed by atoms with Crippen molar-refractivity contribution in [2.45, 2.75) is 26.1 Å². The SMILES string of the molecule is Cc1cc(C(=O)NC(=O)c2cnn3c2C(=O)N(c2ccc(C(F)(F)F)cc2)C[C@@H]3C)ccn1. The molecule has 1 aliphatic rings. The van der Waals surface area contributed by atoms with Crippen molar-refractivity contribution >= 4 is 23.4 Å². The first-order chi connectivity index (χ1) is 15.6. The molecule has 11 heteroatoms. The highest BCUT2D eigenvalue weighted by molar-refractivity contribution is 6.16. The minimum absolute atomic E-state index is 0.0511. The molecule has 1 atom stereocenters. The number of benzene rings is 1. The van der Waals surface area contributed by atoms with Gasteiger partial charge in [-0.1, -0.05) is 0 Å². The molecule has 8 nitrogen and oxygen atoms in total. The van der Waals surface area contributed by atoms with Crippen molar-refractivity contribution in [1.82, 2.24) is 20.1 Å². The van der Waals surface area contributed by atoms with E-state index in [0.29, 0.717) is 5.69 Å². The predicted octanol–water partition coefficient (Wildman–Crippen LogP) is 3.40. The van der Waals surface area contributed by atoms with E-state index in [9.17, 15) is 27.6 Å². The first-order valence-electron chi connectivity index (χ1n) is 9.91. The molecule has 3 amide bonds. The molecule has 1 aromatic carbocycles. The number of fused-ring (bicyclic) bond motifs is 1. The van der Waals surface area contributed by atoms with Crippen LogP contribution in [0.15, 0.2) is 48.8 Å². The molecular formula is C22H18F3N5O3. The molecule has 0 fully saturated rings. The van der Waals surface area contributed by atoms with Crippen molar-refractivity contribution < 1.29 is 27.6 Å². The highest BCUT2D eigenvalue weighted by atomic mass is 19.4. The Balaban J connectivity index is 1.61. The van der Waals surface area contributed by atoms with E-state index in [-0.39, 0.29) is 35.1 Å². The van der Waals surface area contributed by atoms with Crippen LogP contribution in [0.3, 0.4) is 0 Å². The van der Waals surface area contributed by atoms with Crippen LogP contribution in [0.1, 0.15) is 55.4 Å². The number of halogens is 3. The smallest absolute Gasteiger partial charge is 0.305 e. The fourth-order valence-electron chi connectivity index (χ4n) is 3.61. The highest BCUT2D eigenvalue weighted by Gasteiger charge is 2.36. The zero-order valence-corrected chi connectivity index (χ0v) is 17.6. The van der Waals surface area contributed by atoms with Gasteiger partial charge in [-0.15, -0.1) is 0 Å². The largest absolute Gasteiger partial charge is 0.416 e. The molecule has 0 saturated heterocycles. The Morgan fingerprint density at radius 1 is 1.12 bits per heavy atom. The van der Waals surface area contributed by atoms with Crippen molar-refractivity contribution in [3.63, 3.8) is 0 Å². The lowest BCUT2D eigenvalue weighted by Crippen LogP contribution is -2.44. The average molecular weight is 457 g/mol. The van der Waals surface area contributed by atoms with Crippen molar-refractivity contribution in [3.8, 4) is 0 Å². The highest BCUT2D eigenvalue weighted by Crippen LogP contribution is 2.32. The zero-order valence-electron chi connectivity index (χ0n) is 17.6. The summed E-state index contributed by atoms with van der Waals surface area (Å²) in [6, 6.07) is 6.78. The number of nitrogens with one attached hydrogen (secondary N) is 1. The van der Waals surface area contributed by atoms with Crippen molar-refractivity contribution in [3.05, 3.63) is 76.9 Å². The van der Waals surface area contributed by atoms with Gasteiger partial charge >= 0.3 is 6.18 Å². The second kappa shape index (κ2) is 8.15. The second-order valence-corrected chi connectivity index (χ2v) is 7.63. The van der Waals surface area contributed by atoms with Gasteiger partial charge in [-0.2, -0.15) is 18.3 Å². The van der Waals surface area contributed by atoms with Crippen LogP contribution in [0.2, 0.25) is 0 Å². The summed E-state index contributed by atoms with van der Waals surface area (Å²) in [5.74, 6) is -2.09. The van der Waals surface area contributed by atoms with E-state index in [2.05, 4.69) is 15.4 Å². The molecular weight excluding hydrogens is 439 g/mol. The Morgan fingerprint density at radius 3 is 2.45 bits per heavy atom. The summed E-state index contributed by atoms with van der Waals surface area (Å²) < 4.78 is 40.0. The fourth-order valence-corrected chi connectivity index (χ4v) is 3.61. The van der Waals surface area contributed by atoms with Crippen molar-refractivity contribution in [1.29, 1.82) is 0 Å². The summed E-state index contributed by atoms with van der Waals surface area (Å²) in [6.45, 7) is 3.60. The fraction of sp³-hybridized carbons (Fsp3) is 0.227. The number of aryl methyl sites for hydroxylation is 1. The van der Waals surface area contributed by atoms with Gasteiger partial charge in [0.15, 0.2) is 0 Å². The number of nitrogens with zero attached hydrogens (tertiary/aromatic N) is 4. The van der Waals surface area contributed by atoms with E-state index >= 15 is 0 Å². The van der Waals surface area contributed by atoms with Crippen LogP contribution < -0.4 is 10.2 Å². The molecule has 0 radical (unpaired) electrons. The summed E-state index contributed by atoms with van der Waals surface area (Å²) >= 11 is 0. The Labute approximate surface area is 186 Å². The van der Waals surface area contributed by atoms with E-state index in [1.807, 2.05) is 0 Å². The molecule has 3 heterocycles. The number of rotatable bonds is 3. The van der Waals surface area contributed by atoms with Crippen LogP contribution in [-0.4, -0.2) is 39.0 Å². The Morgan fingerprint density at radius 2 is 1.82 bits per heavy atom. The molecule has 170 valence electrons. The van der Waals surface area contributed by atoms with Gasteiger partial charge in [-0.25, -0.2) is 0 Å². The van der Waals surface area contributed by atoms with Crippen molar-refractivity contribution in [2.75, 3.05) is 11.4 Å². The number of hydrogen-bond donors (Lipinski definition) is 1. The number of carbonyl (C=O) groups is 3. The normalized spacial score (nSPS) is 15.8. The first-order valence-corrected chi connectivity index (χ1v) is 9.91. The maximum Gasteiger partial charge on any atom is 0.416 e. The molecule has 0 aliphatic carbocycles. The van der Waals surface area contributed by atoms with Gasteiger partial charge in [-0.05, 0) is 50.2 Å². The topological polar surface area (TPSA) is 97.2 Å². The molecule has 2 aromatic heterocycles. The number of anilines is 1. The summed E-state index contributed by atoms with van der Waals surface area (Å²) in [5.41, 5.74) is 0.0744. The molecule has 1 aliphatic heterocycles. The van der Waals surface area contributed by atoms with Gasteiger partial charge in [0, 0.05) is 29.7 Å².